The van der Waals surface area contributed by atoms with Crippen molar-refractivity contribution in [2.24, 2.45) is 5.92 Å². The summed E-state index contributed by atoms with van der Waals surface area (Å²) < 4.78 is 5.60. The van der Waals surface area contributed by atoms with Crippen molar-refractivity contribution in [2.75, 3.05) is 25.0 Å². The van der Waals surface area contributed by atoms with Crippen molar-refractivity contribution in [3.8, 4) is 0 Å². The molecule has 18 heavy (non-hydrogen) atoms. The first kappa shape index (κ1) is 14.3. The quantitative estimate of drug-likeness (QED) is 0.733. The summed E-state index contributed by atoms with van der Waals surface area (Å²) in [5, 5.41) is 0.821. The van der Waals surface area contributed by atoms with Gasteiger partial charge in [0.1, 0.15) is 0 Å². The fourth-order valence-electron chi connectivity index (χ4n) is 2.97. The van der Waals surface area contributed by atoms with Crippen LogP contribution in [0.25, 0.3) is 0 Å². The molecule has 0 N–H and O–H groups in total. The maximum atomic E-state index is 12.5. The predicted molar refractivity (Wildman–Crippen MR) is 75.9 cm³/mol. The molecule has 1 atom stereocenters. The molecule has 3 nitrogen and oxygen atoms in total. The lowest BCUT2D eigenvalue weighted by molar-refractivity contribution is -0.143. The van der Waals surface area contributed by atoms with E-state index < -0.39 is 0 Å². The molecule has 104 valence electrons. The normalized spacial score (nSPS) is 27.6. The largest absolute Gasteiger partial charge is 0.374 e. The highest BCUT2D eigenvalue weighted by Gasteiger charge is 2.28. The summed E-state index contributed by atoms with van der Waals surface area (Å²) in [5.41, 5.74) is 0. The van der Waals surface area contributed by atoms with Gasteiger partial charge < -0.3 is 9.64 Å². The van der Waals surface area contributed by atoms with Crippen LogP contribution in [0, 0.1) is 5.92 Å². The number of carbonyl (C=O) groups is 1. The number of carbonyl (C=O) groups excluding carboxylic acids is 1. The number of ether oxygens (including phenoxy) is 1. The second kappa shape index (κ2) is 7.49. The van der Waals surface area contributed by atoms with Gasteiger partial charge in [-0.1, -0.05) is 48.0 Å². The Hall–Kier alpha value is -0.0900. The van der Waals surface area contributed by atoms with Gasteiger partial charge in [0.15, 0.2) is 0 Å². The van der Waals surface area contributed by atoms with Gasteiger partial charge >= 0.3 is 0 Å². The summed E-state index contributed by atoms with van der Waals surface area (Å²) in [7, 11) is 0. The van der Waals surface area contributed by atoms with Crippen molar-refractivity contribution in [2.45, 2.75) is 51.0 Å². The van der Waals surface area contributed by atoms with E-state index in [0.29, 0.717) is 12.5 Å². The topological polar surface area (TPSA) is 29.5 Å². The van der Waals surface area contributed by atoms with E-state index in [4.69, 9.17) is 4.74 Å². The number of hydrogen-bond donors (Lipinski definition) is 0. The van der Waals surface area contributed by atoms with Gasteiger partial charge in [-0.05, 0) is 12.8 Å². The Bertz CT molecular complexity index is 261. The van der Waals surface area contributed by atoms with Gasteiger partial charge in [0.2, 0.25) is 5.91 Å². The molecule has 0 radical (unpaired) electrons. The molecule has 0 aromatic heterocycles. The van der Waals surface area contributed by atoms with Gasteiger partial charge in [-0.3, -0.25) is 4.79 Å². The second-order valence-corrected chi connectivity index (χ2v) is 6.12. The fourth-order valence-corrected chi connectivity index (χ4v) is 3.37. The van der Waals surface area contributed by atoms with Crippen molar-refractivity contribution in [1.29, 1.82) is 0 Å². The lowest BCUT2D eigenvalue weighted by Crippen LogP contribution is -2.48. The molecular weight excluding hydrogens is 294 g/mol. The molecule has 1 saturated carbocycles. The Balaban J connectivity index is 1.87. The van der Waals surface area contributed by atoms with Crippen molar-refractivity contribution >= 4 is 21.8 Å². The molecule has 1 unspecified atom stereocenters. The highest BCUT2D eigenvalue weighted by Crippen LogP contribution is 2.24. The minimum absolute atomic E-state index is 0.177. The molecule has 1 amide bonds. The summed E-state index contributed by atoms with van der Waals surface area (Å²) in [6, 6.07) is 0. The molecule has 0 bridgehead atoms. The van der Waals surface area contributed by atoms with Gasteiger partial charge in [-0.2, -0.15) is 0 Å². The monoisotopic (exact) mass is 317 g/mol. The minimum atomic E-state index is 0.177. The van der Waals surface area contributed by atoms with Crippen molar-refractivity contribution in [3.63, 3.8) is 0 Å². The molecule has 1 aliphatic heterocycles. The Morgan fingerprint density at radius 3 is 2.50 bits per heavy atom. The van der Waals surface area contributed by atoms with Crippen LogP contribution in [0.3, 0.4) is 0 Å². The number of rotatable bonds is 2. The van der Waals surface area contributed by atoms with E-state index >= 15 is 0 Å². The lowest BCUT2D eigenvalue weighted by Gasteiger charge is -2.35. The highest BCUT2D eigenvalue weighted by molar-refractivity contribution is 9.09. The first-order valence-electron chi connectivity index (χ1n) is 7.27. The highest BCUT2D eigenvalue weighted by atomic mass is 79.9. The molecule has 1 heterocycles. The van der Waals surface area contributed by atoms with Gasteiger partial charge in [0.25, 0.3) is 0 Å². The van der Waals surface area contributed by atoms with Gasteiger partial charge in [-0.25, -0.2) is 0 Å². The smallest absolute Gasteiger partial charge is 0.225 e. The lowest BCUT2D eigenvalue weighted by atomic mass is 9.90. The summed E-state index contributed by atoms with van der Waals surface area (Å²) in [5.74, 6) is 0.658. The standard InChI is InChI=1S/C14H24BrNO2/c15-10-13-11-16(8-9-18-13)14(17)12-6-4-2-1-3-5-7-12/h12-13H,1-11H2. The summed E-state index contributed by atoms with van der Waals surface area (Å²) >= 11 is 3.44. The number of halogens is 1. The third-order valence-electron chi connectivity index (χ3n) is 4.08. The Morgan fingerprint density at radius 1 is 1.17 bits per heavy atom. The van der Waals surface area contributed by atoms with Crippen molar-refractivity contribution < 1.29 is 9.53 Å². The Labute approximate surface area is 118 Å². The first-order valence-corrected chi connectivity index (χ1v) is 8.39. The molecule has 1 saturated heterocycles. The van der Waals surface area contributed by atoms with Crippen LogP contribution in [0.15, 0.2) is 0 Å². The van der Waals surface area contributed by atoms with E-state index in [1.54, 1.807) is 0 Å². The third kappa shape index (κ3) is 3.95. The zero-order chi connectivity index (χ0) is 12.8. The van der Waals surface area contributed by atoms with Crippen LogP contribution in [-0.2, 0) is 9.53 Å². The van der Waals surface area contributed by atoms with Gasteiger partial charge in [0, 0.05) is 24.3 Å². The Morgan fingerprint density at radius 2 is 1.83 bits per heavy atom. The van der Waals surface area contributed by atoms with E-state index in [2.05, 4.69) is 15.9 Å². The number of alkyl halides is 1. The average Bonchev–Trinajstić information content (AvgIpc) is 2.38. The second-order valence-electron chi connectivity index (χ2n) is 5.47. The zero-order valence-electron chi connectivity index (χ0n) is 11.1. The number of nitrogens with zero attached hydrogens (tertiary/aromatic N) is 1. The molecule has 2 rings (SSSR count). The molecule has 0 spiro atoms. The maximum absolute atomic E-state index is 12.5. The van der Waals surface area contributed by atoms with E-state index in [1.807, 2.05) is 4.90 Å². The molecular formula is C14H24BrNO2. The van der Waals surface area contributed by atoms with Crippen LogP contribution in [-0.4, -0.2) is 41.9 Å². The van der Waals surface area contributed by atoms with Crippen LogP contribution in [0.4, 0.5) is 0 Å². The molecule has 4 heteroatoms. The average molecular weight is 318 g/mol. The third-order valence-corrected chi connectivity index (χ3v) is 4.80. The molecule has 2 aliphatic rings. The number of amides is 1. The van der Waals surface area contributed by atoms with Crippen LogP contribution in [0.2, 0.25) is 0 Å². The van der Waals surface area contributed by atoms with Crippen LogP contribution in [0.5, 0.6) is 0 Å². The summed E-state index contributed by atoms with van der Waals surface area (Å²) in [4.78, 5) is 14.6. The summed E-state index contributed by atoms with van der Waals surface area (Å²) in [6.45, 7) is 2.23. The summed E-state index contributed by atoms with van der Waals surface area (Å²) in [6.07, 6.45) is 8.77. The van der Waals surface area contributed by atoms with Gasteiger partial charge in [0.05, 0.1) is 12.7 Å². The molecule has 0 aromatic carbocycles. The van der Waals surface area contributed by atoms with Crippen LogP contribution in [0.1, 0.15) is 44.9 Å². The van der Waals surface area contributed by atoms with Crippen LogP contribution < -0.4 is 0 Å². The van der Waals surface area contributed by atoms with Crippen molar-refractivity contribution in [3.05, 3.63) is 0 Å². The van der Waals surface area contributed by atoms with Crippen molar-refractivity contribution in [1.82, 2.24) is 4.90 Å². The van der Waals surface area contributed by atoms with Crippen LogP contribution >= 0.6 is 15.9 Å². The zero-order valence-corrected chi connectivity index (χ0v) is 12.7. The van der Waals surface area contributed by atoms with E-state index in [9.17, 15) is 4.79 Å². The van der Waals surface area contributed by atoms with E-state index in [1.165, 1.54) is 32.1 Å². The minimum Gasteiger partial charge on any atom is -0.374 e. The predicted octanol–water partition coefficient (Wildman–Crippen LogP) is 2.97. The van der Waals surface area contributed by atoms with E-state index in [0.717, 1.165) is 31.3 Å². The molecule has 1 aliphatic carbocycles. The first-order chi connectivity index (χ1) is 8.81. The Kier molecular flexibility index (Phi) is 5.96. The molecule has 0 aromatic rings. The number of hydrogen-bond acceptors (Lipinski definition) is 2. The SMILES string of the molecule is O=C(C1CCCCCCC1)N1CCOC(CBr)C1. The molecule has 2 fully saturated rings. The fraction of sp³-hybridized carbons (Fsp3) is 0.929. The number of morpholine rings is 1. The maximum Gasteiger partial charge on any atom is 0.225 e. The van der Waals surface area contributed by atoms with E-state index in [-0.39, 0.29) is 12.0 Å². The van der Waals surface area contributed by atoms with Gasteiger partial charge in [-0.15, -0.1) is 0 Å².